The first kappa shape index (κ1) is 26.4. The molecule has 1 amide bonds. The molecule has 3 rings (SSSR count). The van der Waals surface area contributed by atoms with Gasteiger partial charge in [0.2, 0.25) is 0 Å². The number of anilines is 3. The number of carbonyl (C=O) groups is 1. The highest BCUT2D eigenvalue weighted by Gasteiger charge is 2.29. The van der Waals surface area contributed by atoms with E-state index in [-0.39, 0.29) is 5.75 Å². The van der Waals surface area contributed by atoms with Gasteiger partial charge in [-0.15, -0.1) is 0 Å². The van der Waals surface area contributed by atoms with Gasteiger partial charge in [-0.25, -0.2) is 14.2 Å². The summed E-state index contributed by atoms with van der Waals surface area (Å²) < 4.78 is 57.7. The number of nitrogens with one attached hydrogen (secondary N) is 3. The van der Waals surface area contributed by atoms with Gasteiger partial charge in [0.05, 0.1) is 11.2 Å². The summed E-state index contributed by atoms with van der Waals surface area (Å²) in [6.07, 6.45) is -2.96. The minimum absolute atomic E-state index is 0.137. The number of aromatic nitrogens is 2. The number of alkyl halides is 3. The fourth-order valence-corrected chi connectivity index (χ4v) is 3.97. The molecule has 0 saturated heterocycles. The van der Waals surface area contributed by atoms with Gasteiger partial charge in [-0.3, -0.25) is 4.79 Å². The van der Waals surface area contributed by atoms with Crippen molar-refractivity contribution < 1.29 is 26.9 Å². The number of carbonyl (C=O) groups excluding carboxylic acids is 1. The number of nitrogens with zero attached hydrogens (tertiary/aromatic N) is 2. The van der Waals surface area contributed by atoms with Crippen LogP contribution in [0.15, 0.2) is 36.7 Å². The number of fused-ring (bicyclic) bond motifs is 1. The topological polar surface area (TPSA) is 105 Å². The molecule has 1 aromatic heterocycles. The van der Waals surface area contributed by atoms with Crippen LogP contribution in [0, 0.1) is 6.92 Å². The molecule has 2 atom stereocenters. The maximum Gasteiger partial charge on any atom is 0.405 e. The lowest BCUT2D eigenvalue weighted by molar-refractivity contribution is -0.142. The van der Waals surface area contributed by atoms with Crippen LogP contribution in [0.1, 0.15) is 12.5 Å². The molecular weight excluding hydrogens is 507 g/mol. The molecule has 0 aliphatic heterocycles. The fraction of sp³-hybridized carbons (Fsp3) is 0.273. The Kier molecular flexibility index (Phi) is 7.65. The molecule has 1 heterocycles. The Morgan fingerprint density at radius 3 is 2.63 bits per heavy atom. The number of hydrogen-bond donors (Lipinski definition) is 3. The summed E-state index contributed by atoms with van der Waals surface area (Å²) in [5, 5.41) is 5.87. The molecule has 2 unspecified atom stereocenters. The van der Waals surface area contributed by atoms with Gasteiger partial charge in [0.15, 0.2) is 6.10 Å². The van der Waals surface area contributed by atoms with Crippen LogP contribution >= 0.6 is 11.6 Å². The minimum Gasteiger partial charge on any atom is -0.479 e. The maximum absolute atomic E-state index is 12.4. The molecule has 0 aliphatic rings. The van der Waals surface area contributed by atoms with Crippen LogP contribution in [0.5, 0.6) is 5.75 Å². The second-order valence-electron chi connectivity index (χ2n) is 7.88. The molecule has 2 aromatic carbocycles. The summed E-state index contributed by atoms with van der Waals surface area (Å²) in [5.74, 6) is 3.20. The quantitative estimate of drug-likeness (QED) is 0.372. The SMILES string of the molecule is C=S(C)(=O)Nc1cc(C)c2c(Nc3ccc(Cl)cc3OC(C)C(=O)NCC(F)(F)F)ncnc2c1. The molecule has 0 saturated carbocycles. The molecule has 188 valence electrons. The first-order chi connectivity index (χ1) is 16.2. The van der Waals surface area contributed by atoms with E-state index in [0.717, 1.165) is 5.56 Å². The summed E-state index contributed by atoms with van der Waals surface area (Å²) in [6.45, 7) is 1.68. The Bertz CT molecular complexity index is 1370. The highest BCUT2D eigenvalue weighted by atomic mass is 35.5. The zero-order valence-corrected chi connectivity index (χ0v) is 20.6. The molecule has 0 fully saturated rings. The monoisotopic (exact) mass is 529 g/mol. The fourth-order valence-electron chi connectivity index (χ4n) is 3.19. The van der Waals surface area contributed by atoms with E-state index in [9.17, 15) is 22.2 Å². The van der Waals surface area contributed by atoms with Crippen molar-refractivity contribution in [2.45, 2.75) is 26.1 Å². The second kappa shape index (κ2) is 10.2. The number of hydrogen-bond acceptors (Lipinski definition) is 6. The molecule has 0 aliphatic carbocycles. The zero-order chi connectivity index (χ0) is 26.0. The average molecular weight is 530 g/mol. The van der Waals surface area contributed by atoms with E-state index >= 15 is 0 Å². The number of ether oxygens (including phenoxy) is 1. The first-order valence-corrected chi connectivity index (χ1v) is 12.7. The van der Waals surface area contributed by atoms with Crippen molar-refractivity contribution in [3.63, 3.8) is 0 Å². The molecule has 3 N–H and O–H groups in total. The third-order valence-electron chi connectivity index (χ3n) is 4.60. The number of benzene rings is 2. The van der Waals surface area contributed by atoms with Crippen molar-refractivity contribution in [2.24, 2.45) is 0 Å². The third kappa shape index (κ3) is 7.36. The lowest BCUT2D eigenvalue weighted by Gasteiger charge is -2.19. The average Bonchev–Trinajstić information content (AvgIpc) is 2.72. The Labute approximate surface area is 205 Å². The van der Waals surface area contributed by atoms with Gasteiger partial charge in [0.1, 0.15) is 24.4 Å². The molecule has 8 nitrogen and oxygen atoms in total. The van der Waals surface area contributed by atoms with Crippen molar-refractivity contribution in [2.75, 3.05) is 22.8 Å². The summed E-state index contributed by atoms with van der Waals surface area (Å²) in [6, 6.07) is 8.08. The Morgan fingerprint density at radius 1 is 1.26 bits per heavy atom. The van der Waals surface area contributed by atoms with E-state index < -0.39 is 34.4 Å². The number of rotatable bonds is 8. The molecule has 0 spiro atoms. The standard InChI is InChI=1S/C22H23ClF3N5O3S/c1-12-7-15(31-35(3,4)33)9-17-19(12)20(29-11-28-17)30-16-6-5-14(23)8-18(16)34-13(2)21(32)27-10-22(24,25)26/h5-9,11,13H,3,10H2,1-2,4H3,(H,27,32)(H,31,33)(H,28,29,30). The Balaban J connectivity index is 1.91. The summed E-state index contributed by atoms with van der Waals surface area (Å²) in [4.78, 5) is 20.6. The smallest absolute Gasteiger partial charge is 0.405 e. The van der Waals surface area contributed by atoms with Crippen LogP contribution in [0.2, 0.25) is 5.02 Å². The van der Waals surface area contributed by atoms with Gasteiger partial charge in [0, 0.05) is 38.1 Å². The zero-order valence-electron chi connectivity index (χ0n) is 19.0. The van der Waals surface area contributed by atoms with E-state index in [1.807, 2.05) is 6.92 Å². The highest BCUT2D eigenvalue weighted by Crippen LogP contribution is 2.34. The number of halogens is 4. The van der Waals surface area contributed by atoms with Crippen LogP contribution in [0.3, 0.4) is 0 Å². The van der Waals surface area contributed by atoms with E-state index in [2.05, 4.69) is 25.9 Å². The minimum atomic E-state index is -4.54. The summed E-state index contributed by atoms with van der Waals surface area (Å²) in [5.41, 5.74) is 2.29. The Hall–Kier alpha value is -3.25. The predicted octanol–water partition coefficient (Wildman–Crippen LogP) is 4.45. The van der Waals surface area contributed by atoms with E-state index in [1.165, 1.54) is 25.6 Å². The van der Waals surface area contributed by atoms with Gasteiger partial charge in [-0.1, -0.05) is 11.6 Å². The largest absolute Gasteiger partial charge is 0.479 e. The summed E-state index contributed by atoms with van der Waals surface area (Å²) in [7, 11) is -2.50. The van der Waals surface area contributed by atoms with Crippen molar-refractivity contribution in [3.05, 3.63) is 47.2 Å². The normalized spacial score (nSPS) is 14.1. The van der Waals surface area contributed by atoms with Gasteiger partial charge >= 0.3 is 6.18 Å². The van der Waals surface area contributed by atoms with Gasteiger partial charge < -0.3 is 20.1 Å². The first-order valence-electron chi connectivity index (χ1n) is 10.1. The van der Waals surface area contributed by atoms with E-state index in [1.54, 1.807) is 29.6 Å². The van der Waals surface area contributed by atoms with Crippen LogP contribution in [0.4, 0.5) is 30.4 Å². The van der Waals surface area contributed by atoms with Crippen LogP contribution < -0.4 is 20.1 Å². The van der Waals surface area contributed by atoms with Crippen molar-refractivity contribution in [3.8, 4) is 5.75 Å². The molecule has 13 heteroatoms. The Morgan fingerprint density at radius 2 is 1.97 bits per heavy atom. The van der Waals surface area contributed by atoms with Crippen molar-refractivity contribution >= 4 is 61.2 Å². The van der Waals surface area contributed by atoms with Crippen molar-refractivity contribution in [1.29, 1.82) is 0 Å². The van der Waals surface area contributed by atoms with E-state index in [4.69, 9.17) is 16.3 Å². The van der Waals surface area contributed by atoms with Gasteiger partial charge in [-0.2, -0.15) is 13.2 Å². The molecule has 0 bridgehead atoms. The number of aryl methyl sites for hydroxylation is 1. The number of amides is 1. The lowest BCUT2D eigenvalue weighted by Crippen LogP contribution is -2.41. The van der Waals surface area contributed by atoms with Gasteiger partial charge in [0.25, 0.3) is 5.91 Å². The molecule has 0 radical (unpaired) electrons. The van der Waals surface area contributed by atoms with Crippen LogP contribution in [-0.2, 0) is 14.5 Å². The molecular formula is C22H23ClF3N5O3S. The molecule has 3 aromatic rings. The molecule has 35 heavy (non-hydrogen) atoms. The third-order valence-corrected chi connectivity index (χ3v) is 5.50. The van der Waals surface area contributed by atoms with E-state index in [0.29, 0.717) is 33.1 Å². The van der Waals surface area contributed by atoms with Crippen LogP contribution in [0.25, 0.3) is 10.9 Å². The summed E-state index contributed by atoms with van der Waals surface area (Å²) >= 11 is 6.08. The highest BCUT2D eigenvalue weighted by molar-refractivity contribution is 8.00. The lowest BCUT2D eigenvalue weighted by atomic mass is 10.1. The predicted molar refractivity (Wildman–Crippen MR) is 133 cm³/mol. The van der Waals surface area contributed by atoms with Gasteiger partial charge in [-0.05, 0) is 49.5 Å². The second-order valence-corrected chi connectivity index (χ2v) is 10.5. The van der Waals surface area contributed by atoms with Crippen molar-refractivity contribution in [1.82, 2.24) is 15.3 Å². The maximum atomic E-state index is 12.4. The van der Waals surface area contributed by atoms with Crippen LogP contribution in [-0.4, -0.2) is 51.0 Å².